The molecule has 0 aliphatic rings. The highest BCUT2D eigenvalue weighted by Crippen LogP contribution is 2.15. The lowest BCUT2D eigenvalue weighted by Crippen LogP contribution is -2.10. The van der Waals surface area contributed by atoms with E-state index in [2.05, 4.69) is 6.07 Å². The Morgan fingerprint density at radius 1 is 1.36 bits per heavy atom. The van der Waals surface area contributed by atoms with Crippen molar-refractivity contribution in [2.45, 2.75) is 18.9 Å². The molecule has 0 radical (unpaired) electrons. The van der Waals surface area contributed by atoms with Crippen molar-refractivity contribution in [2.75, 3.05) is 6.61 Å². The average molecular weight is 190 g/mol. The van der Waals surface area contributed by atoms with Crippen LogP contribution in [0.3, 0.4) is 0 Å². The number of benzene rings is 1. The van der Waals surface area contributed by atoms with E-state index in [1.54, 1.807) is 12.1 Å². The van der Waals surface area contributed by atoms with E-state index in [1.165, 1.54) is 0 Å². The van der Waals surface area contributed by atoms with Gasteiger partial charge in [0, 0.05) is 12.6 Å². The Balaban J connectivity index is 2.63. The van der Waals surface area contributed by atoms with E-state index in [1.807, 2.05) is 12.1 Å². The largest absolute Gasteiger partial charge is 0.396 e. The minimum Gasteiger partial charge on any atom is -0.396 e. The van der Waals surface area contributed by atoms with Crippen LogP contribution in [0.25, 0.3) is 0 Å². The Morgan fingerprint density at radius 2 is 2.00 bits per heavy atom. The number of nitriles is 1. The summed E-state index contributed by atoms with van der Waals surface area (Å²) in [5.74, 6) is 0. The van der Waals surface area contributed by atoms with Gasteiger partial charge in [0.2, 0.25) is 0 Å². The monoisotopic (exact) mass is 190 g/mol. The zero-order valence-corrected chi connectivity index (χ0v) is 7.98. The molecular formula is C11H14N2O. The summed E-state index contributed by atoms with van der Waals surface area (Å²) in [7, 11) is 0. The molecule has 0 amide bonds. The third kappa shape index (κ3) is 2.84. The number of nitrogens with two attached hydrogens (primary N) is 1. The van der Waals surface area contributed by atoms with Crippen LogP contribution in [0.5, 0.6) is 0 Å². The SMILES string of the molecule is N#Cc1ccc([C@H](N)CCCO)cc1. The normalized spacial score (nSPS) is 12.1. The van der Waals surface area contributed by atoms with Crippen LogP contribution in [-0.2, 0) is 0 Å². The summed E-state index contributed by atoms with van der Waals surface area (Å²) in [6.45, 7) is 0.171. The number of hydrogen-bond acceptors (Lipinski definition) is 3. The van der Waals surface area contributed by atoms with Gasteiger partial charge in [-0.3, -0.25) is 0 Å². The van der Waals surface area contributed by atoms with E-state index in [4.69, 9.17) is 16.1 Å². The molecule has 0 fully saturated rings. The zero-order valence-electron chi connectivity index (χ0n) is 7.98. The number of aliphatic hydroxyl groups is 1. The minimum absolute atomic E-state index is 0.0464. The molecule has 1 atom stereocenters. The number of nitrogens with zero attached hydrogens (tertiary/aromatic N) is 1. The molecule has 0 saturated carbocycles. The van der Waals surface area contributed by atoms with Gasteiger partial charge in [-0.05, 0) is 30.5 Å². The molecular weight excluding hydrogens is 176 g/mol. The van der Waals surface area contributed by atoms with Gasteiger partial charge in [0.15, 0.2) is 0 Å². The molecule has 0 bridgehead atoms. The van der Waals surface area contributed by atoms with Crippen molar-refractivity contribution in [3.63, 3.8) is 0 Å². The Hall–Kier alpha value is -1.37. The standard InChI is InChI=1S/C11H14N2O/c12-8-9-3-5-10(6-4-9)11(13)2-1-7-14/h3-6,11,14H,1-2,7,13H2/t11-/m1/s1. The van der Waals surface area contributed by atoms with Crippen molar-refractivity contribution in [2.24, 2.45) is 5.73 Å². The van der Waals surface area contributed by atoms with E-state index in [-0.39, 0.29) is 12.6 Å². The Labute approximate surface area is 83.8 Å². The Kier molecular flexibility index (Phi) is 4.11. The summed E-state index contributed by atoms with van der Waals surface area (Å²) >= 11 is 0. The van der Waals surface area contributed by atoms with Gasteiger partial charge in [-0.2, -0.15) is 5.26 Å². The van der Waals surface area contributed by atoms with Crippen LogP contribution in [0.15, 0.2) is 24.3 Å². The molecule has 3 nitrogen and oxygen atoms in total. The predicted octanol–water partition coefficient (Wildman–Crippen LogP) is 1.33. The molecule has 0 aromatic heterocycles. The summed E-state index contributed by atoms with van der Waals surface area (Å²) in [5, 5.41) is 17.2. The second kappa shape index (κ2) is 5.38. The molecule has 0 aliphatic heterocycles. The van der Waals surface area contributed by atoms with Gasteiger partial charge in [-0.15, -0.1) is 0 Å². The maximum atomic E-state index is 8.65. The number of aliphatic hydroxyl groups excluding tert-OH is 1. The molecule has 0 spiro atoms. The molecule has 3 heteroatoms. The quantitative estimate of drug-likeness (QED) is 0.752. The summed E-state index contributed by atoms with van der Waals surface area (Å²) < 4.78 is 0. The molecule has 1 aromatic rings. The van der Waals surface area contributed by atoms with Crippen LogP contribution in [0, 0.1) is 11.3 Å². The molecule has 1 rings (SSSR count). The predicted molar refractivity (Wildman–Crippen MR) is 54.4 cm³/mol. The third-order valence-electron chi connectivity index (χ3n) is 2.14. The van der Waals surface area contributed by atoms with Crippen molar-refractivity contribution in [1.82, 2.24) is 0 Å². The first-order valence-corrected chi connectivity index (χ1v) is 4.64. The number of hydrogen-bond donors (Lipinski definition) is 2. The van der Waals surface area contributed by atoms with Crippen LogP contribution in [0.4, 0.5) is 0 Å². The van der Waals surface area contributed by atoms with Gasteiger partial charge in [0.05, 0.1) is 11.6 Å². The highest BCUT2D eigenvalue weighted by atomic mass is 16.2. The van der Waals surface area contributed by atoms with Crippen LogP contribution >= 0.6 is 0 Å². The van der Waals surface area contributed by atoms with Crippen LogP contribution in [0.1, 0.15) is 30.0 Å². The fraction of sp³-hybridized carbons (Fsp3) is 0.364. The van der Waals surface area contributed by atoms with E-state index in [0.717, 1.165) is 12.0 Å². The van der Waals surface area contributed by atoms with Gasteiger partial charge in [-0.1, -0.05) is 12.1 Å². The number of rotatable bonds is 4. The molecule has 0 unspecified atom stereocenters. The smallest absolute Gasteiger partial charge is 0.0991 e. The summed E-state index contributed by atoms with van der Waals surface area (Å²) in [6, 6.07) is 9.25. The average Bonchev–Trinajstić information content (AvgIpc) is 2.26. The van der Waals surface area contributed by atoms with Crippen molar-refractivity contribution in [3.8, 4) is 6.07 Å². The van der Waals surface area contributed by atoms with Gasteiger partial charge in [0.1, 0.15) is 0 Å². The maximum absolute atomic E-state index is 8.65. The molecule has 74 valence electrons. The van der Waals surface area contributed by atoms with Crippen molar-refractivity contribution >= 4 is 0 Å². The van der Waals surface area contributed by atoms with Crippen molar-refractivity contribution < 1.29 is 5.11 Å². The second-order valence-electron chi connectivity index (χ2n) is 3.21. The fourth-order valence-corrected chi connectivity index (χ4v) is 1.28. The zero-order chi connectivity index (χ0) is 10.4. The van der Waals surface area contributed by atoms with E-state index in [0.29, 0.717) is 12.0 Å². The molecule has 1 aromatic carbocycles. The highest BCUT2D eigenvalue weighted by Gasteiger charge is 2.04. The second-order valence-corrected chi connectivity index (χ2v) is 3.21. The van der Waals surface area contributed by atoms with Crippen molar-refractivity contribution in [1.29, 1.82) is 5.26 Å². The first-order chi connectivity index (χ1) is 6.77. The molecule has 3 N–H and O–H groups in total. The van der Waals surface area contributed by atoms with Gasteiger partial charge < -0.3 is 10.8 Å². The maximum Gasteiger partial charge on any atom is 0.0991 e. The third-order valence-corrected chi connectivity index (χ3v) is 2.14. The topological polar surface area (TPSA) is 70.0 Å². The summed E-state index contributed by atoms with van der Waals surface area (Å²) in [4.78, 5) is 0. The van der Waals surface area contributed by atoms with Crippen LogP contribution < -0.4 is 5.73 Å². The van der Waals surface area contributed by atoms with Gasteiger partial charge >= 0.3 is 0 Å². The minimum atomic E-state index is -0.0464. The lowest BCUT2D eigenvalue weighted by atomic mass is 10.0. The summed E-state index contributed by atoms with van der Waals surface area (Å²) in [6.07, 6.45) is 1.48. The van der Waals surface area contributed by atoms with E-state index < -0.39 is 0 Å². The highest BCUT2D eigenvalue weighted by molar-refractivity contribution is 5.32. The van der Waals surface area contributed by atoms with Crippen LogP contribution in [0.2, 0.25) is 0 Å². The van der Waals surface area contributed by atoms with Crippen LogP contribution in [-0.4, -0.2) is 11.7 Å². The molecule has 14 heavy (non-hydrogen) atoms. The molecule has 0 aliphatic carbocycles. The Bertz CT molecular complexity index is 313. The van der Waals surface area contributed by atoms with Gasteiger partial charge in [-0.25, -0.2) is 0 Å². The molecule has 0 heterocycles. The fourth-order valence-electron chi connectivity index (χ4n) is 1.28. The van der Waals surface area contributed by atoms with E-state index >= 15 is 0 Å². The van der Waals surface area contributed by atoms with E-state index in [9.17, 15) is 0 Å². The lowest BCUT2D eigenvalue weighted by Gasteiger charge is -2.10. The van der Waals surface area contributed by atoms with Gasteiger partial charge in [0.25, 0.3) is 0 Å². The first kappa shape index (κ1) is 10.7. The summed E-state index contributed by atoms with van der Waals surface area (Å²) in [5.41, 5.74) is 7.53. The van der Waals surface area contributed by atoms with Crippen molar-refractivity contribution in [3.05, 3.63) is 35.4 Å². The molecule has 0 saturated heterocycles. The Morgan fingerprint density at radius 3 is 2.50 bits per heavy atom. The first-order valence-electron chi connectivity index (χ1n) is 4.64. The lowest BCUT2D eigenvalue weighted by molar-refractivity contribution is 0.280.